The van der Waals surface area contributed by atoms with Gasteiger partial charge in [-0.1, -0.05) is 184 Å². The molecule has 0 saturated carbocycles. The van der Waals surface area contributed by atoms with Crippen molar-refractivity contribution in [2.75, 3.05) is 0 Å². The lowest BCUT2D eigenvalue weighted by Crippen LogP contribution is -2.15. The van der Waals surface area contributed by atoms with Gasteiger partial charge in [0.1, 0.15) is 0 Å². The monoisotopic (exact) mass is 788 g/mol. The number of benzene rings is 8. The maximum Gasteiger partial charge on any atom is 0.160 e. The Morgan fingerprint density at radius 3 is 1.90 bits per heavy atom. The number of fused-ring (bicyclic) bond motifs is 5. The molecule has 1 heterocycles. The molecule has 0 N–H and O–H groups in total. The summed E-state index contributed by atoms with van der Waals surface area (Å²) in [5.41, 5.74) is 19.4. The molecule has 0 spiro atoms. The van der Waals surface area contributed by atoms with Crippen molar-refractivity contribution < 1.29 is 0 Å². The average molecular weight is 789 g/mol. The van der Waals surface area contributed by atoms with Crippen LogP contribution in [0.2, 0.25) is 0 Å². The Kier molecular flexibility index (Phi) is 10.2. The summed E-state index contributed by atoms with van der Waals surface area (Å²) in [7, 11) is 0. The number of hydrogen-bond donors (Lipinski definition) is 0. The molecule has 1 aliphatic carbocycles. The van der Waals surface area contributed by atoms with Gasteiger partial charge in [0.25, 0.3) is 0 Å². The minimum absolute atomic E-state index is 0.124. The number of rotatable bonds is 11. The van der Waals surface area contributed by atoms with Crippen LogP contribution in [0, 0.1) is 13.8 Å². The highest BCUT2D eigenvalue weighted by Gasteiger charge is 2.35. The first-order valence-electron chi connectivity index (χ1n) is 22.1. The summed E-state index contributed by atoms with van der Waals surface area (Å²) in [5, 5.41) is 3.51. The molecule has 8 aromatic carbocycles. The molecule has 10 rings (SSSR count). The molecule has 1 aromatic heterocycles. The summed E-state index contributed by atoms with van der Waals surface area (Å²) >= 11 is 0. The van der Waals surface area contributed by atoms with Gasteiger partial charge in [0.2, 0.25) is 0 Å². The zero-order chi connectivity index (χ0) is 41.5. The smallest absolute Gasteiger partial charge is 0.160 e. The highest BCUT2D eigenvalue weighted by atomic mass is 14.9. The van der Waals surface area contributed by atoms with Crippen LogP contribution in [-0.2, 0) is 18.3 Å². The zero-order valence-corrected chi connectivity index (χ0v) is 35.8. The second-order valence-electron chi connectivity index (χ2n) is 17.7. The maximum absolute atomic E-state index is 5.55. The molecular formula is C59H52N2. The largest absolute Gasteiger partial charge is 0.227 e. The van der Waals surface area contributed by atoms with Gasteiger partial charge in [0.05, 0.1) is 11.2 Å². The Morgan fingerprint density at radius 1 is 0.426 bits per heavy atom. The van der Waals surface area contributed by atoms with Crippen LogP contribution in [0.3, 0.4) is 0 Å². The summed E-state index contributed by atoms with van der Waals surface area (Å²) < 4.78 is 0. The highest BCUT2D eigenvalue weighted by Crippen LogP contribution is 2.49. The van der Waals surface area contributed by atoms with Crippen LogP contribution in [0.4, 0.5) is 0 Å². The molecule has 298 valence electrons. The SMILES string of the molecule is Cc1cc(-c2cccc(CCCCCCc3ccccc3)c2)cc(C)c1-c1nc(-c2ccc3c(c2)C(C)(C)c2ccccc2-3)nc2c(-c3ccc4ccccc4c3)cccc12. The number of aromatic nitrogens is 2. The van der Waals surface area contributed by atoms with Crippen molar-refractivity contribution in [2.45, 2.75) is 71.6 Å². The Balaban J connectivity index is 1.02. The van der Waals surface area contributed by atoms with Crippen molar-refractivity contribution in [2.24, 2.45) is 0 Å². The fraction of sp³-hybridized carbons (Fsp3) is 0.186. The Hall–Kier alpha value is -6.64. The van der Waals surface area contributed by atoms with Gasteiger partial charge in [0, 0.05) is 27.5 Å². The topological polar surface area (TPSA) is 25.8 Å². The number of unbranched alkanes of at least 4 members (excludes halogenated alkanes) is 3. The molecular weight excluding hydrogens is 737 g/mol. The van der Waals surface area contributed by atoms with Crippen LogP contribution >= 0.6 is 0 Å². The number of nitrogens with zero attached hydrogens (tertiary/aromatic N) is 2. The molecule has 2 heteroatoms. The van der Waals surface area contributed by atoms with E-state index < -0.39 is 0 Å². The quantitative estimate of drug-likeness (QED) is 0.122. The Morgan fingerprint density at radius 2 is 1.08 bits per heavy atom. The van der Waals surface area contributed by atoms with E-state index in [0.717, 1.165) is 45.5 Å². The van der Waals surface area contributed by atoms with Crippen molar-refractivity contribution >= 4 is 21.7 Å². The highest BCUT2D eigenvalue weighted by molar-refractivity contribution is 6.04. The van der Waals surface area contributed by atoms with Crippen LogP contribution in [0.25, 0.3) is 77.7 Å². The third-order valence-corrected chi connectivity index (χ3v) is 13.2. The molecule has 0 saturated heterocycles. The average Bonchev–Trinajstić information content (AvgIpc) is 3.52. The van der Waals surface area contributed by atoms with Crippen molar-refractivity contribution in [1.82, 2.24) is 9.97 Å². The van der Waals surface area contributed by atoms with E-state index in [1.165, 1.54) is 104 Å². The molecule has 61 heavy (non-hydrogen) atoms. The summed E-state index contributed by atoms with van der Waals surface area (Å²) in [6.07, 6.45) is 7.28. The van der Waals surface area contributed by atoms with Crippen LogP contribution in [-0.4, -0.2) is 9.97 Å². The van der Waals surface area contributed by atoms with Gasteiger partial charge in [0.15, 0.2) is 5.82 Å². The number of hydrogen-bond acceptors (Lipinski definition) is 2. The first kappa shape index (κ1) is 38.6. The fourth-order valence-electron chi connectivity index (χ4n) is 9.97. The predicted molar refractivity (Wildman–Crippen MR) is 258 cm³/mol. The fourth-order valence-corrected chi connectivity index (χ4v) is 9.97. The third-order valence-electron chi connectivity index (χ3n) is 13.2. The van der Waals surface area contributed by atoms with Crippen molar-refractivity contribution in [3.63, 3.8) is 0 Å². The van der Waals surface area contributed by atoms with Crippen LogP contribution in [0.1, 0.15) is 72.9 Å². The molecule has 0 bridgehead atoms. The summed E-state index contributed by atoms with van der Waals surface area (Å²) in [6.45, 7) is 9.18. The van der Waals surface area contributed by atoms with E-state index in [0.29, 0.717) is 0 Å². The normalized spacial score (nSPS) is 12.8. The second-order valence-corrected chi connectivity index (χ2v) is 17.7. The predicted octanol–water partition coefficient (Wildman–Crippen LogP) is 15.7. The molecule has 0 atom stereocenters. The second kappa shape index (κ2) is 16.1. The molecule has 1 aliphatic rings. The minimum atomic E-state index is -0.124. The van der Waals surface area contributed by atoms with Crippen LogP contribution in [0.5, 0.6) is 0 Å². The van der Waals surface area contributed by atoms with Gasteiger partial charge < -0.3 is 0 Å². The zero-order valence-electron chi connectivity index (χ0n) is 35.8. The lowest BCUT2D eigenvalue weighted by atomic mass is 9.82. The summed E-state index contributed by atoms with van der Waals surface area (Å²) in [4.78, 5) is 11.0. The van der Waals surface area contributed by atoms with E-state index >= 15 is 0 Å². The molecule has 0 aliphatic heterocycles. The molecule has 0 radical (unpaired) electrons. The van der Waals surface area contributed by atoms with E-state index in [-0.39, 0.29) is 5.41 Å². The molecule has 9 aromatic rings. The standard InChI is InChI=1S/C59H52N2/c1-39-34-48(44-25-16-22-42(36-44)21-9-6-5-8-18-41-19-10-7-11-20-41)35-40(2)55(39)57-52-28-17-27-49(46-31-30-43-23-12-13-24-45(43)37-46)56(52)60-58(61-57)47-32-33-51-50-26-14-15-29-53(50)59(3,4)54(51)38-47/h7,10-17,19-20,22-38H,5-6,8-9,18,21H2,1-4H3. The number of aryl methyl sites for hydroxylation is 4. The summed E-state index contributed by atoms with van der Waals surface area (Å²) in [6, 6.07) is 62.4. The van der Waals surface area contributed by atoms with Crippen molar-refractivity contribution in [3.05, 3.63) is 203 Å². The first-order chi connectivity index (χ1) is 29.8. The van der Waals surface area contributed by atoms with Crippen LogP contribution in [0.15, 0.2) is 170 Å². The van der Waals surface area contributed by atoms with Gasteiger partial charge >= 0.3 is 0 Å². The van der Waals surface area contributed by atoms with Gasteiger partial charge in [-0.05, 0) is 124 Å². The lowest BCUT2D eigenvalue weighted by Gasteiger charge is -2.22. The molecule has 0 amide bonds. The minimum Gasteiger partial charge on any atom is -0.227 e. The lowest BCUT2D eigenvalue weighted by molar-refractivity contribution is 0.640. The molecule has 0 fully saturated rings. The van der Waals surface area contributed by atoms with E-state index in [9.17, 15) is 0 Å². The van der Waals surface area contributed by atoms with Gasteiger partial charge in [-0.15, -0.1) is 0 Å². The number of para-hydroxylation sites is 1. The van der Waals surface area contributed by atoms with Crippen molar-refractivity contribution in [1.29, 1.82) is 0 Å². The van der Waals surface area contributed by atoms with E-state index in [1.807, 2.05) is 0 Å². The third kappa shape index (κ3) is 7.35. The van der Waals surface area contributed by atoms with E-state index in [1.54, 1.807) is 0 Å². The van der Waals surface area contributed by atoms with Crippen LogP contribution < -0.4 is 0 Å². The van der Waals surface area contributed by atoms with E-state index in [4.69, 9.17) is 9.97 Å². The maximum atomic E-state index is 5.55. The molecule has 0 unspecified atom stereocenters. The van der Waals surface area contributed by atoms with Gasteiger partial charge in [-0.25, -0.2) is 9.97 Å². The molecule has 2 nitrogen and oxygen atoms in total. The van der Waals surface area contributed by atoms with Gasteiger partial charge in [-0.2, -0.15) is 0 Å². The summed E-state index contributed by atoms with van der Waals surface area (Å²) in [5.74, 6) is 0.751. The Bertz CT molecular complexity index is 3060. The van der Waals surface area contributed by atoms with E-state index in [2.05, 4.69) is 198 Å². The first-order valence-corrected chi connectivity index (χ1v) is 22.1. The van der Waals surface area contributed by atoms with Gasteiger partial charge in [-0.3, -0.25) is 0 Å². The Labute approximate surface area is 361 Å². The van der Waals surface area contributed by atoms with Crippen molar-refractivity contribution in [3.8, 4) is 56.0 Å².